The van der Waals surface area contributed by atoms with Crippen LogP contribution in [-0.2, 0) is 0 Å². The van der Waals surface area contributed by atoms with E-state index in [0.717, 1.165) is 0 Å². The number of fused-ring (bicyclic) bond motifs is 1. The fourth-order valence-corrected chi connectivity index (χ4v) is 2.76. The fourth-order valence-electron chi connectivity index (χ4n) is 2.76. The maximum atomic E-state index is 14.1. The van der Waals surface area contributed by atoms with Crippen LogP contribution in [0.2, 0.25) is 0 Å². The highest BCUT2D eigenvalue weighted by Gasteiger charge is 2.51. The Hall–Kier alpha value is -1.80. The summed E-state index contributed by atoms with van der Waals surface area (Å²) in [6.45, 7) is -0.483. The lowest BCUT2D eigenvalue weighted by molar-refractivity contribution is -0.0845. The highest BCUT2D eigenvalue weighted by molar-refractivity contribution is 5.81. The molecule has 0 radical (unpaired) electrons. The molecule has 19 heavy (non-hydrogen) atoms. The highest BCUT2D eigenvalue weighted by atomic mass is 19.1. The first-order valence-electron chi connectivity index (χ1n) is 5.97. The second-order valence-corrected chi connectivity index (χ2v) is 4.71. The number of hydrogen-bond acceptors (Lipinski definition) is 6. The molecular weight excluding hydrogens is 253 g/mol. The topological polar surface area (TPSA) is 110 Å². The molecule has 7 nitrogen and oxygen atoms in total. The van der Waals surface area contributed by atoms with Gasteiger partial charge in [-0.15, -0.1) is 0 Å². The van der Waals surface area contributed by atoms with E-state index in [0.29, 0.717) is 11.2 Å². The number of hydrogen-bond donors (Lipinski definition) is 3. The maximum Gasteiger partial charge on any atom is 0.165 e. The third kappa shape index (κ3) is 1.60. The molecule has 3 rings (SSSR count). The molecule has 1 aliphatic rings. The van der Waals surface area contributed by atoms with Gasteiger partial charge in [-0.3, -0.25) is 0 Å². The maximum absolute atomic E-state index is 14.1. The Balaban J connectivity index is 2.03. The van der Waals surface area contributed by atoms with E-state index in [1.165, 1.54) is 12.7 Å². The van der Waals surface area contributed by atoms with Crippen LogP contribution in [0.5, 0.6) is 0 Å². The second-order valence-electron chi connectivity index (χ2n) is 4.71. The van der Waals surface area contributed by atoms with Gasteiger partial charge in [0.1, 0.15) is 18.0 Å². The van der Waals surface area contributed by atoms with Gasteiger partial charge in [-0.1, -0.05) is 0 Å². The Morgan fingerprint density at radius 1 is 1.21 bits per heavy atom. The number of aliphatic hydroxyl groups excluding tert-OH is 2. The number of nitrogens with zero attached hydrogens (tertiary/aromatic N) is 4. The molecule has 2 heterocycles. The van der Waals surface area contributed by atoms with Crippen molar-refractivity contribution in [2.24, 2.45) is 11.8 Å². The van der Waals surface area contributed by atoms with Crippen molar-refractivity contribution in [1.29, 1.82) is 0 Å². The number of nitrogen functional groups attached to an aromatic ring is 1. The van der Waals surface area contributed by atoms with E-state index in [1.807, 2.05) is 0 Å². The van der Waals surface area contributed by atoms with Crippen molar-refractivity contribution in [2.75, 3.05) is 18.9 Å². The van der Waals surface area contributed by atoms with Gasteiger partial charge in [0, 0.05) is 25.0 Å². The van der Waals surface area contributed by atoms with Gasteiger partial charge >= 0.3 is 0 Å². The zero-order valence-corrected chi connectivity index (χ0v) is 10.0. The van der Waals surface area contributed by atoms with E-state index in [-0.39, 0.29) is 24.9 Å². The molecule has 0 aromatic carbocycles. The Labute approximate surface area is 107 Å². The minimum atomic E-state index is -1.24. The van der Waals surface area contributed by atoms with Crippen molar-refractivity contribution in [3.63, 3.8) is 0 Å². The minimum absolute atomic E-state index is 0.198. The molecule has 102 valence electrons. The molecule has 0 bridgehead atoms. The van der Waals surface area contributed by atoms with Gasteiger partial charge in [0.25, 0.3) is 0 Å². The Morgan fingerprint density at radius 2 is 1.95 bits per heavy atom. The number of nitrogens with two attached hydrogens (primary N) is 1. The average molecular weight is 267 g/mol. The summed E-state index contributed by atoms with van der Waals surface area (Å²) in [4.78, 5) is 12.0. The van der Waals surface area contributed by atoms with E-state index in [1.54, 1.807) is 4.57 Å². The molecule has 1 aliphatic carbocycles. The lowest BCUT2D eigenvalue weighted by atomic mass is 9.68. The van der Waals surface area contributed by atoms with Gasteiger partial charge in [0.15, 0.2) is 11.5 Å². The van der Waals surface area contributed by atoms with Crippen molar-refractivity contribution in [2.45, 2.75) is 12.2 Å². The van der Waals surface area contributed by atoms with E-state index < -0.39 is 18.1 Å². The van der Waals surface area contributed by atoms with Crippen LogP contribution in [0, 0.1) is 11.8 Å². The molecule has 2 aromatic heterocycles. The van der Waals surface area contributed by atoms with E-state index in [2.05, 4.69) is 15.0 Å². The number of imidazole rings is 1. The molecule has 1 saturated carbocycles. The Bertz CT molecular complexity index is 604. The van der Waals surface area contributed by atoms with Gasteiger partial charge in [0.2, 0.25) is 0 Å². The van der Waals surface area contributed by atoms with Gasteiger partial charge in [-0.05, 0) is 0 Å². The molecule has 0 spiro atoms. The van der Waals surface area contributed by atoms with Gasteiger partial charge in [-0.25, -0.2) is 19.3 Å². The summed E-state index contributed by atoms with van der Waals surface area (Å²) in [7, 11) is 0. The Kier molecular flexibility index (Phi) is 2.83. The quantitative estimate of drug-likeness (QED) is 0.692. The molecule has 2 aromatic rings. The van der Waals surface area contributed by atoms with Crippen LogP contribution < -0.4 is 5.73 Å². The SMILES string of the molecule is Nc1ncnc2c1ncn2[C@@H]1[C@@H](F)[C@H](CO)[C@H]1CO. The molecule has 8 heteroatoms. The van der Waals surface area contributed by atoms with E-state index >= 15 is 0 Å². The molecule has 0 unspecified atom stereocenters. The minimum Gasteiger partial charge on any atom is -0.396 e. The highest BCUT2D eigenvalue weighted by Crippen LogP contribution is 2.46. The summed E-state index contributed by atoms with van der Waals surface area (Å²) in [5, 5.41) is 18.4. The molecule has 0 amide bonds. The third-order valence-corrected chi connectivity index (χ3v) is 3.85. The molecular formula is C11H14FN5O2. The zero-order chi connectivity index (χ0) is 13.6. The number of alkyl halides is 1. The molecule has 4 N–H and O–H groups in total. The summed E-state index contributed by atoms with van der Waals surface area (Å²) in [5.41, 5.74) is 6.53. The number of rotatable bonds is 3. The van der Waals surface area contributed by atoms with Crippen LogP contribution in [0.1, 0.15) is 6.04 Å². The first-order chi connectivity index (χ1) is 9.19. The smallest absolute Gasteiger partial charge is 0.165 e. The van der Waals surface area contributed by atoms with Crippen molar-refractivity contribution in [1.82, 2.24) is 19.5 Å². The average Bonchev–Trinajstić information content (AvgIpc) is 2.81. The van der Waals surface area contributed by atoms with Gasteiger partial charge in [0.05, 0.1) is 12.4 Å². The normalized spacial score (nSPS) is 30.5. The lowest BCUT2D eigenvalue weighted by Crippen LogP contribution is -2.52. The predicted octanol–water partition coefficient (Wildman–Crippen LogP) is -0.482. The molecule has 0 aliphatic heterocycles. The second kappa shape index (κ2) is 4.39. The molecule has 1 fully saturated rings. The number of halogens is 1. The number of aliphatic hydroxyl groups is 2. The standard InChI is InChI=1S/C11H14FN5O2/c12-7-5(1-18)6(2-19)9(7)17-4-16-8-10(13)14-3-15-11(8)17/h3-7,9,18-19H,1-2H2,(H2,13,14,15)/t5-,6-,7+,9+/m1/s1. The van der Waals surface area contributed by atoms with Crippen molar-refractivity contribution < 1.29 is 14.6 Å². The first kappa shape index (κ1) is 12.2. The Morgan fingerprint density at radius 3 is 2.63 bits per heavy atom. The van der Waals surface area contributed by atoms with Crippen LogP contribution in [0.15, 0.2) is 12.7 Å². The first-order valence-corrected chi connectivity index (χ1v) is 5.97. The molecule has 4 atom stereocenters. The third-order valence-electron chi connectivity index (χ3n) is 3.85. The zero-order valence-electron chi connectivity index (χ0n) is 10.0. The predicted molar refractivity (Wildman–Crippen MR) is 64.8 cm³/mol. The summed E-state index contributed by atoms with van der Waals surface area (Å²) >= 11 is 0. The van der Waals surface area contributed by atoms with Crippen molar-refractivity contribution >= 4 is 17.0 Å². The van der Waals surface area contributed by atoms with Crippen LogP contribution >= 0.6 is 0 Å². The van der Waals surface area contributed by atoms with Crippen molar-refractivity contribution in [3.05, 3.63) is 12.7 Å². The lowest BCUT2D eigenvalue weighted by Gasteiger charge is -2.46. The van der Waals surface area contributed by atoms with E-state index in [4.69, 9.17) is 10.8 Å². The van der Waals surface area contributed by atoms with Crippen molar-refractivity contribution in [3.8, 4) is 0 Å². The molecule has 0 saturated heterocycles. The van der Waals surface area contributed by atoms with Crippen LogP contribution in [0.25, 0.3) is 11.2 Å². The van der Waals surface area contributed by atoms with Gasteiger partial charge < -0.3 is 20.5 Å². The summed E-state index contributed by atoms with van der Waals surface area (Å²) in [5.74, 6) is -0.669. The largest absolute Gasteiger partial charge is 0.396 e. The summed E-state index contributed by atoms with van der Waals surface area (Å²) in [6.07, 6.45) is 1.50. The number of aromatic nitrogens is 4. The van der Waals surface area contributed by atoms with Crippen LogP contribution in [-0.4, -0.2) is 49.1 Å². The summed E-state index contributed by atoms with van der Waals surface area (Å²) in [6, 6.07) is -0.582. The van der Waals surface area contributed by atoms with Crippen LogP contribution in [0.4, 0.5) is 10.2 Å². The van der Waals surface area contributed by atoms with Gasteiger partial charge in [-0.2, -0.15) is 0 Å². The van der Waals surface area contributed by atoms with E-state index in [9.17, 15) is 9.50 Å². The summed E-state index contributed by atoms with van der Waals surface area (Å²) < 4.78 is 15.6. The van der Waals surface area contributed by atoms with Crippen LogP contribution in [0.3, 0.4) is 0 Å². The fraction of sp³-hybridized carbons (Fsp3) is 0.545. The number of anilines is 1. The monoisotopic (exact) mass is 267 g/mol.